The summed E-state index contributed by atoms with van der Waals surface area (Å²) in [7, 11) is 0. The van der Waals surface area contributed by atoms with E-state index in [-0.39, 0.29) is 12.0 Å². The van der Waals surface area contributed by atoms with Crippen molar-refractivity contribution < 1.29 is 9.26 Å². The number of pyridine rings is 1. The number of nitrogens with one attached hydrogen (secondary N) is 1. The highest BCUT2D eigenvalue weighted by molar-refractivity contribution is 6.35. The smallest absolute Gasteiger partial charge is 0.234 e. The second kappa shape index (κ2) is 6.27. The van der Waals surface area contributed by atoms with E-state index in [0.29, 0.717) is 40.7 Å². The first-order valence-electron chi connectivity index (χ1n) is 6.65. The SMILES string of the molecule is CCNC1COCC1c1nc(-c2ncc(Cl)cc2Cl)no1. The van der Waals surface area contributed by atoms with E-state index in [2.05, 4.69) is 20.4 Å². The summed E-state index contributed by atoms with van der Waals surface area (Å²) in [5.41, 5.74) is 0.454. The van der Waals surface area contributed by atoms with Crippen LogP contribution in [0.1, 0.15) is 18.7 Å². The number of halogens is 2. The van der Waals surface area contributed by atoms with E-state index in [1.54, 1.807) is 6.07 Å². The molecule has 1 fully saturated rings. The number of aromatic nitrogens is 3. The van der Waals surface area contributed by atoms with Gasteiger partial charge in [-0.05, 0) is 12.6 Å². The van der Waals surface area contributed by atoms with Crippen LogP contribution < -0.4 is 5.32 Å². The molecule has 2 unspecified atom stereocenters. The normalized spacial score (nSPS) is 21.9. The molecule has 0 radical (unpaired) electrons. The Morgan fingerprint density at radius 1 is 1.38 bits per heavy atom. The van der Waals surface area contributed by atoms with Crippen molar-refractivity contribution in [2.75, 3.05) is 19.8 Å². The van der Waals surface area contributed by atoms with Crippen molar-refractivity contribution in [1.29, 1.82) is 0 Å². The van der Waals surface area contributed by atoms with Crippen molar-refractivity contribution in [2.45, 2.75) is 18.9 Å². The minimum Gasteiger partial charge on any atom is -0.379 e. The van der Waals surface area contributed by atoms with E-state index in [4.69, 9.17) is 32.5 Å². The zero-order chi connectivity index (χ0) is 14.8. The molecule has 0 saturated carbocycles. The lowest BCUT2D eigenvalue weighted by Crippen LogP contribution is -2.34. The van der Waals surface area contributed by atoms with E-state index in [9.17, 15) is 0 Å². The summed E-state index contributed by atoms with van der Waals surface area (Å²) in [5.74, 6) is 0.923. The quantitative estimate of drug-likeness (QED) is 0.929. The third-order valence-electron chi connectivity index (χ3n) is 3.33. The molecular formula is C13H14Cl2N4O2. The average molecular weight is 329 g/mol. The number of hydrogen-bond donors (Lipinski definition) is 1. The molecule has 0 bridgehead atoms. The third kappa shape index (κ3) is 3.03. The Balaban J connectivity index is 1.86. The molecule has 0 spiro atoms. The van der Waals surface area contributed by atoms with Crippen LogP contribution in [0.5, 0.6) is 0 Å². The van der Waals surface area contributed by atoms with Crippen LogP contribution in [0.15, 0.2) is 16.8 Å². The van der Waals surface area contributed by atoms with Crippen LogP contribution in [0.4, 0.5) is 0 Å². The van der Waals surface area contributed by atoms with Crippen LogP contribution in [-0.4, -0.2) is 40.9 Å². The number of rotatable bonds is 4. The molecule has 112 valence electrons. The summed E-state index contributed by atoms with van der Waals surface area (Å²) in [4.78, 5) is 8.55. The first-order chi connectivity index (χ1) is 10.2. The Morgan fingerprint density at radius 2 is 2.24 bits per heavy atom. The van der Waals surface area contributed by atoms with Gasteiger partial charge in [-0.1, -0.05) is 35.3 Å². The van der Waals surface area contributed by atoms with Crippen molar-refractivity contribution in [3.05, 3.63) is 28.2 Å². The zero-order valence-electron chi connectivity index (χ0n) is 11.3. The maximum absolute atomic E-state index is 6.11. The summed E-state index contributed by atoms with van der Waals surface area (Å²) in [6.45, 7) is 4.10. The highest BCUT2D eigenvalue weighted by atomic mass is 35.5. The minimum absolute atomic E-state index is 0.0391. The predicted molar refractivity (Wildman–Crippen MR) is 78.6 cm³/mol. The fourth-order valence-electron chi connectivity index (χ4n) is 2.32. The Hall–Kier alpha value is -1.21. The molecule has 1 N–H and O–H groups in total. The molecule has 3 heterocycles. The zero-order valence-corrected chi connectivity index (χ0v) is 12.9. The molecular weight excluding hydrogens is 315 g/mol. The number of nitrogens with zero attached hydrogens (tertiary/aromatic N) is 3. The first kappa shape index (κ1) is 14.7. The molecule has 2 atom stereocenters. The second-order valence-electron chi connectivity index (χ2n) is 4.75. The van der Waals surface area contributed by atoms with Crippen molar-refractivity contribution >= 4 is 23.2 Å². The lowest BCUT2D eigenvalue weighted by molar-refractivity contribution is 0.185. The van der Waals surface area contributed by atoms with Gasteiger partial charge in [0, 0.05) is 12.2 Å². The third-order valence-corrected chi connectivity index (χ3v) is 3.82. The van der Waals surface area contributed by atoms with E-state index < -0.39 is 0 Å². The molecule has 3 rings (SSSR count). The fraction of sp³-hybridized carbons (Fsp3) is 0.462. The van der Waals surface area contributed by atoms with Gasteiger partial charge in [-0.15, -0.1) is 0 Å². The number of likely N-dealkylation sites (N-methyl/N-ethyl adjacent to an activating group) is 1. The molecule has 21 heavy (non-hydrogen) atoms. The van der Waals surface area contributed by atoms with Gasteiger partial charge in [0.05, 0.1) is 29.2 Å². The van der Waals surface area contributed by atoms with E-state index in [1.165, 1.54) is 6.20 Å². The van der Waals surface area contributed by atoms with Crippen molar-refractivity contribution in [1.82, 2.24) is 20.4 Å². The molecule has 0 aromatic carbocycles. The second-order valence-corrected chi connectivity index (χ2v) is 5.59. The molecule has 1 aliphatic heterocycles. The molecule has 0 aliphatic carbocycles. The number of ether oxygens (including phenoxy) is 1. The van der Waals surface area contributed by atoms with Gasteiger partial charge in [0.25, 0.3) is 0 Å². The summed E-state index contributed by atoms with van der Waals surface area (Å²) in [6.07, 6.45) is 1.50. The van der Waals surface area contributed by atoms with Crippen LogP contribution in [0, 0.1) is 0 Å². The van der Waals surface area contributed by atoms with Crippen molar-refractivity contribution in [2.24, 2.45) is 0 Å². The van der Waals surface area contributed by atoms with E-state index in [0.717, 1.165) is 6.54 Å². The van der Waals surface area contributed by atoms with Gasteiger partial charge in [0.15, 0.2) is 0 Å². The lowest BCUT2D eigenvalue weighted by atomic mass is 10.0. The van der Waals surface area contributed by atoms with Gasteiger partial charge < -0.3 is 14.6 Å². The van der Waals surface area contributed by atoms with E-state index >= 15 is 0 Å². The predicted octanol–water partition coefficient (Wildman–Crippen LogP) is 2.53. The maximum atomic E-state index is 6.11. The van der Waals surface area contributed by atoms with Crippen molar-refractivity contribution in [3.8, 4) is 11.5 Å². The minimum atomic E-state index is 0.0391. The van der Waals surface area contributed by atoms with Crippen LogP contribution in [0.3, 0.4) is 0 Å². The molecule has 6 nitrogen and oxygen atoms in total. The Kier molecular flexibility index (Phi) is 4.40. The fourth-order valence-corrected chi connectivity index (χ4v) is 2.79. The highest BCUT2D eigenvalue weighted by Gasteiger charge is 2.33. The summed E-state index contributed by atoms with van der Waals surface area (Å²) in [6, 6.07) is 1.78. The standard InChI is InChI=1S/C13H14Cl2N4O2/c1-2-16-10-6-20-5-8(10)13-18-12(19-21-13)11-9(15)3-7(14)4-17-11/h3-4,8,10,16H,2,5-6H2,1H3. The average Bonchev–Trinajstić information content (AvgIpc) is 3.07. The largest absolute Gasteiger partial charge is 0.379 e. The van der Waals surface area contributed by atoms with Gasteiger partial charge in [-0.25, -0.2) is 4.98 Å². The topological polar surface area (TPSA) is 73.1 Å². The summed E-state index contributed by atoms with van der Waals surface area (Å²) >= 11 is 11.9. The van der Waals surface area contributed by atoms with Crippen LogP contribution >= 0.6 is 23.2 Å². The van der Waals surface area contributed by atoms with E-state index in [1.807, 2.05) is 6.92 Å². The molecule has 8 heteroatoms. The van der Waals surface area contributed by atoms with Gasteiger partial charge in [-0.3, -0.25) is 0 Å². The number of hydrogen-bond acceptors (Lipinski definition) is 6. The van der Waals surface area contributed by atoms with Gasteiger partial charge in [-0.2, -0.15) is 4.98 Å². The molecule has 1 aliphatic rings. The van der Waals surface area contributed by atoms with Gasteiger partial charge in [0.1, 0.15) is 5.69 Å². The Morgan fingerprint density at radius 3 is 3.00 bits per heavy atom. The van der Waals surface area contributed by atoms with Crippen LogP contribution in [-0.2, 0) is 4.74 Å². The molecule has 0 amide bonds. The summed E-state index contributed by atoms with van der Waals surface area (Å²) in [5, 5.41) is 8.16. The monoisotopic (exact) mass is 328 g/mol. The summed E-state index contributed by atoms with van der Waals surface area (Å²) < 4.78 is 10.8. The van der Waals surface area contributed by atoms with Crippen LogP contribution in [0.25, 0.3) is 11.5 Å². The van der Waals surface area contributed by atoms with Gasteiger partial charge >= 0.3 is 0 Å². The first-order valence-corrected chi connectivity index (χ1v) is 7.40. The Labute approximate surface area is 131 Å². The lowest BCUT2D eigenvalue weighted by Gasteiger charge is -2.13. The molecule has 1 saturated heterocycles. The Bertz CT molecular complexity index is 634. The highest BCUT2D eigenvalue weighted by Crippen LogP contribution is 2.29. The van der Waals surface area contributed by atoms with Gasteiger partial charge in [0.2, 0.25) is 11.7 Å². The molecule has 2 aromatic rings. The van der Waals surface area contributed by atoms with Crippen molar-refractivity contribution in [3.63, 3.8) is 0 Å². The molecule has 2 aromatic heterocycles. The maximum Gasteiger partial charge on any atom is 0.234 e. The van der Waals surface area contributed by atoms with Crippen LogP contribution in [0.2, 0.25) is 10.0 Å².